The second-order valence-electron chi connectivity index (χ2n) is 8.16. The number of ether oxygens (including phenoxy) is 1. The lowest BCUT2D eigenvalue weighted by atomic mass is 9.81. The molecule has 8 heteroatoms. The summed E-state index contributed by atoms with van der Waals surface area (Å²) in [6.07, 6.45) is 4.78. The molecule has 158 valence electrons. The maximum Gasteiger partial charge on any atom is 0.299 e. The van der Waals surface area contributed by atoms with Crippen LogP contribution < -0.4 is 5.32 Å². The molecule has 0 spiro atoms. The molecule has 1 aromatic carbocycles. The van der Waals surface area contributed by atoms with Gasteiger partial charge in [-0.25, -0.2) is 0 Å². The molecular weight excluding hydrogens is 362 g/mol. The SMILES string of the molecule is CCCC(C)(C)OCCC(C)(CC)CCNc1ccc([N+](=O)[O-])cc1[N+](=O)[O-]. The Hall–Kier alpha value is -2.22. The lowest BCUT2D eigenvalue weighted by molar-refractivity contribution is -0.393. The van der Waals surface area contributed by atoms with Crippen molar-refractivity contribution >= 4 is 17.1 Å². The maximum absolute atomic E-state index is 11.2. The fraction of sp³-hybridized carbons (Fsp3) is 0.700. The fourth-order valence-corrected chi connectivity index (χ4v) is 3.16. The summed E-state index contributed by atoms with van der Waals surface area (Å²) >= 11 is 0. The Bertz CT molecular complexity index is 678. The van der Waals surface area contributed by atoms with Gasteiger partial charge in [-0.05, 0) is 44.6 Å². The van der Waals surface area contributed by atoms with E-state index >= 15 is 0 Å². The number of hydrogen-bond donors (Lipinski definition) is 1. The van der Waals surface area contributed by atoms with Gasteiger partial charge in [0.15, 0.2) is 0 Å². The highest BCUT2D eigenvalue weighted by molar-refractivity contribution is 5.65. The Kier molecular flexibility index (Phi) is 8.81. The number of rotatable bonds is 13. The van der Waals surface area contributed by atoms with Gasteiger partial charge < -0.3 is 10.1 Å². The van der Waals surface area contributed by atoms with E-state index in [1.54, 1.807) is 0 Å². The summed E-state index contributed by atoms with van der Waals surface area (Å²) in [5.41, 5.74) is -0.347. The summed E-state index contributed by atoms with van der Waals surface area (Å²) in [7, 11) is 0. The number of nitro groups is 2. The quantitative estimate of drug-likeness (QED) is 0.339. The number of hydrogen-bond acceptors (Lipinski definition) is 6. The van der Waals surface area contributed by atoms with Gasteiger partial charge in [0.05, 0.1) is 21.5 Å². The van der Waals surface area contributed by atoms with E-state index in [0.717, 1.165) is 38.2 Å². The van der Waals surface area contributed by atoms with Gasteiger partial charge in [0.2, 0.25) is 0 Å². The average Bonchev–Trinajstić information content (AvgIpc) is 2.61. The molecule has 0 aliphatic heterocycles. The minimum atomic E-state index is -0.634. The summed E-state index contributed by atoms with van der Waals surface area (Å²) in [5, 5.41) is 25.1. The van der Waals surface area contributed by atoms with Crippen molar-refractivity contribution in [2.24, 2.45) is 5.41 Å². The first-order valence-corrected chi connectivity index (χ1v) is 9.84. The molecule has 1 rings (SSSR count). The minimum Gasteiger partial charge on any atom is -0.379 e. The Morgan fingerprint density at radius 3 is 2.25 bits per heavy atom. The Morgan fingerprint density at radius 2 is 1.71 bits per heavy atom. The van der Waals surface area contributed by atoms with Gasteiger partial charge in [-0.1, -0.05) is 33.6 Å². The van der Waals surface area contributed by atoms with Crippen LogP contribution >= 0.6 is 0 Å². The van der Waals surface area contributed by atoms with Gasteiger partial charge in [0.1, 0.15) is 5.69 Å². The van der Waals surface area contributed by atoms with Gasteiger partial charge in [-0.2, -0.15) is 0 Å². The van der Waals surface area contributed by atoms with E-state index in [-0.39, 0.29) is 22.4 Å². The molecule has 0 aliphatic rings. The average molecular weight is 396 g/mol. The normalized spacial score (nSPS) is 13.8. The van der Waals surface area contributed by atoms with Crippen LogP contribution in [0.1, 0.15) is 66.7 Å². The number of benzene rings is 1. The van der Waals surface area contributed by atoms with Crippen molar-refractivity contribution in [2.75, 3.05) is 18.5 Å². The largest absolute Gasteiger partial charge is 0.379 e. The lowest BCUT2D eigenvalue weighted by Crippen LogP contribution is -2.28. The van der Waals surface area contributed by atoms with Crippen LogP contribution in [0.2, 0.25) is 0 Å². The Morgan fingerprint density at radius 1 is 1.04 bits per heavy atom. The van der Waals surface area contributed by atoms with E-state index in [1.807, 2.05) is 0 Å². The second-order valence-corrected chi connectivity index (χ2v) is 8.16. The molecule has 1 unspecified atom stereocenters. The van der Waals surface area contributed by atoms with E-state index in [9.17, 15) is 20.2 Å². The first-order chi connectivity index (χ1) is 13.0. The van der Waals surface area contributed by atoms with Crippen LogP contribution in [-0.4, -0.2) is 28.6 Å². The van der Waals surface area contributed by atoms with Crippen LogP contribution in [-0.2, 0) is 4.74 Å². The zero-order chi connectivity index (χ0) is 21.4. The van der Waals surface area contributed by atoms with Crippen molar-refractivity contribution in [1.82, 2.24) is 0 Å². The van der Waals surface area contributed by atoms with Crippen LogP contribution in [0.15, 0.2) is 18.2 Å². The van der Waals surface area contributed by atoms with Crippen LogP contribution in [0.3, 0.4) is 0 Å². The van der Waals surface area contributed by atoms with E-state index in [0.29, 0.717) is 18.8 Å². The van der Waals surface area contributed by atoms with Crippen LogP contribution in [0.5, 0.6) is 0 Å². The monoisotopic (exact) mass is 395 g/mol. The third-order valence-corrected chi connectivity index (χ3v) is 5.34. The second kappa shape index (κ2) is 10.4. The maximum atomic E-state index is 11.2. The number of non-ortho nitro benzene ring substituents is 1. The van der Waals surface area contributed by atoms with Gasteiger partial charge in [-0.3, -0.25) is 20.2 Å². The summed E-state index contributed by atoms with van der Waals surface area (Å²) in [4.78, 5) is 20.8. The summed E-state index contributed by atoms with van der Waals surface area (Å²) in [5.74, 6) is 0. The summed E-state index contributed by atoms with van der Waals surface area (Å²) < 4.78 is 6.04. The third-order valence-electron chi connectivity index (χ3n) is 5.34. The Balaban J connectivity index is 2.66. The van der Waals surface area contributed by atoms with E-state index in [4.69, 9.17) is 4.74 Å². The van der Waals surface area contributed by atoms with E-state index < -0.39 is 9.85 Å². The van der Waals surface area contributed by atoms with Crippen molar-refractivity contribution < 1.29 is 14.6 Å². The molecular formula is C20H33N3O5. The van der Waals surface area contributed by atoms with Gasteiger partial charge in [-0.15, -0.1) is 0 Å². The van der Waals surface area contributed by atoms with E-state index in [1.165, 1.54) is 12.1 Å². The number of nitrogens with one attached hydrogen (secondary N) is 1. The van der Waals surface area contributed by atoms with Crippen LogP contribution in [0.25, 0.3) is 0 Å². The highest BCUT2D eigenvalue weighted by Crippen LogP contribution is 2.33. The van der Waals surface area contributed by atoms with Gasteiger partial charge in [0.25, 0.3) is 11.4 Å². The zero-order valence-corrected chi connectivity index (χ0v) is 17.6. The predicted octanol–water partition coefficient (Wildman–Crippen LogP) is 5.71. The van der Waals surface area contributed by atoms with Crippen molar-refractivity contribution in [3.63, 3.8) is 0 Å². The minimum absolute atomic E-state index is 0.0465. The van der Waals surface area contributed by atoms with Gasteiger partial charge >= 0.3 is 0 Å². The highest BCUT2D eigenvalue weighted by Gasteiger charge is 2.25. The molecule has 0 amide bonds. The first-order valence-electron chi connectivity index (χ1n) is 9.84. The number of nitro benzene ring substituents is 2. The lowest BCUT2D eigenvalue weighted by Gasteiger charge is -2.31. The van der Waals surface area contributed by atoms with Crippen LogP contribution in [0.4, 0.5) is 17.1 Å². The van der Waals surface area contributed by atoms with Crippen molar-refractivity contribution in [3.8, 4) is 0 Å². The predicted molar refractivity (Wildman–Crippen MR) is 111 cm³/mol. The molecule has 0 heterocycles. The zero-order valence-electron chi connectivity index (χ0n) is 17.6. The molecule has 0 aromatic heterocycles. The number of anilines is 1. The van der Waals surface area contributed by atoms with Crippen molar-refractivity contribution in [3.05, 3.63) is 38.4 Å². The smallest absolute Gasteiger partial charge is 0.299 e. The van der Waals surface area contributed by atoms with E-state index in [2.05, 4.69) is 39.9 Å². The fourth-order valence-electron chi connectivity index (χ4n) is 3.16. The van der Waals surface area contributed by atoms with Crippen molar-refractivity contribution in [1.29, 1.82) is 0 Å². The van der Waals surface area contributed by atoms with Crippen molar-refractivity contribution in [2.45, 2.75) is 72.3 Å². The highest BCUT2D eigenvalue weighted by atomic mass is 16.6. The molecule has 0 bridgehead atoms. The molecule has 0 saturated heterocycles. The molecule has 0 radical (unpaired) electrons. The molecule has 1 aromatic rings. The first kappa shape index (κ1) is 23.8. The standard InChI is InChI=1S/C20H33N3O5/c1-6-10-19(3,4)28-14-12-20(5,7-2)11-13-21-17-9-8-16(22(24)25)15-18(17)23(26)27/h8-9,15,21H,6-7,10-14H2,1-5H3. The summed E-state index contributed by atoms with van der Waals surface area (Å²) in [6, 6.07) is 3.67. The van der Waals surface area contributed by atoms with Gasteiger partial charge in [0, 0.05) is 19.2 Å². The molecule has 8 nitrogen and oxygen atoms in total. The van der Waals surface area contributed by atoms with Crippen LogP contribution in [0, 0.1) is 25.6 Å². The topological polar surface area (TPSA) is 108 Å². The summed E-state index contributed by atoms with van der Waals surface area (Å²) in [6.45, 7) is 11.9. The Labute approximate surface area is 167 Å². The third kappa shape index (κ3) is 7.42. The molecule has 1 atom stereocenters. The number of nitrogens with zero attached hydrogens (tertiary/aromatic N) is 2. The molecule has 0 fully saturated rings. The molecule has 1 N–H and O–H groups in total. The molecule has 0 aliphatic carbocycles. The molecule has 28 heavy (non-hydrogen) atoms. The molecule has 0 saturated carbocycles.